The van der Waals surface area contributed by atoms with E-state index in [1.54, 1.807) is 16.4 Å². The van der Waals surface area contributed by atoms with E-state index in [0.29, 0.717) is 29.7 Å². The summed E-state index contributed by atoms with van der Waals surface area (Å²) in [6.07, 6.45) is 1.47. The lowest BCUT2D eigenvalue weighted by Crippen LogP contribution is -2.40. The first kappa shape index (κ1) is 15.8. The molecule has 112 valence electrons. The van der Waals surface area contributed by atoms with Gasteiger partial charge in [-0.15, -0.1) is 0 Å². The summed E-state index contributed by atoms with van der Waals surface area (Å²) in [5.41, 5.74) is 1.06. The van der Waals surface area contributed by atoms with Crippen LogP contribution in [-0.4, -0.2) is 48.5 Å². The largest absolute Gasteiger partial charge is 0.396 e. The topological polar surface area (TPSA) is 57.6 Å². The molecule has 0 radical (unpaired) electrons. The van der Waals surface area contributed by atoms with Gasteiger partial charge in [0, 0.05) is 30.7 Å². The number of hydrogen-bond acceptors (Lipinski definition) is 4. The van der Waals surface area contributed by atoms with E-state index in [4.69, 9.17) is 5.11 Å². The number of benzene rings is 1. The van der Waals surface area contributed by atoms with Gasteiger partial charge >= 0.3 is 0 Å². The fourth-order valence-corrected chi connectivity index (χ4v) is 5.02. The number of thioether (sulfide) groups is 1. The van der Waals surface area contributed by atoms with Crippen molar-refractivity contribution >= 4 is 21.8 Å². The maximum absolute atomic E-state index is 12.5. The SMILES string of the molecule is CC1CN(S(=O)(=O)c2ccc(CCCO)cc2)CCS1. The molecule has 1 saturated heterocycles. The third-order valence-corrected chi connectivity index (χ3v) is 6.40. The molecule has 0 aliphatic carbocycles. The van der Waals surface area contributed by atoms with E-state index in [9.17, 15) is 8.42 Å². The monoisotopic (exact) mass is 315 g/mol. The Kier molecular flexibility index (Phi) is 5.49. The molecular weight excluding hydrogens is 294 g/mol. The first-order chi connectivity index (χ1) is 9.54. The van der Waals surface area contributed by atoms with E-state index in [1.807, 2.05) is 23.9 Å². The molecule has 20 heavy (non-hydrogen) atoms. The van der Waals surface area contributed by atoms with E-state index >= 15 is 0 Å². The van der Waals surface area contributed by atoms with Crippen molar-refractivity contribution in [1.82, 2.24) is 4.31 Å². The number of aliphatic hydroxyl groups excluding tert-OH is 1. The molecule has 1 aromatic rings. The van der Waals surface area contributed by atoms with Gasteiger partial charge < -0.3 is 5.11 Å². The summed E-state index contributed by atoms with van der Waals surface area (Å²) < 4.78 is 26.6. The van der Waals surface area contributed by atoms with Gasteiger partial charge in [0.15, 0.2) is 0 Å². The van der Waals surface area contributed by atoms with Crippen LogP contribution in [0, 0.1) is 0 Å². The smallest absolute Gasteiger partial charge is 0.243 e. The van der Waals surface area contributed by atoms with Crippen molar-refractivity contribution in [2.75, 3.05) is 25.4 Å². The molecule has 0 saturated carbocycles. The Morgan fingerprint density at radius 2 is 2.05 bits per heavy atom. The highest BCUT2D eigenvalue weighted by atomic mass is 32.2. The lowest BCUT2D eigenvalue weighted by Gasteiger charge is -2.29. The van der Waals surface area contributed by atoms with Crippen molar-refractivity contribution in [3.63, 3.8) is 0 Å². The molecule has 1 atom stereocenters. The molecule has 2 rings (SSSR count). The average Bonchev–Trinajstić information content (AvgIpc) is 2.45. The molecule has 4 nitrogen and oxygen atoms in total. The number of rotatable bonds is 5. The summed E-state index contributed by atoms with van der Waals surface area (Å²) in [6.45, 7) is 3.39. The second-order valence-electron chi connectivity index (χ2n) is 5.02. The number of aliphatic hydroxyl groups is 1. The molecule has 1 aliphatic heterocycles. The molecule has 1 fully saturated rings. The number of sulfonamides is 1. The fraction of sp³-hybridized carbons (Fsp3) is 0.571. The number of aryl methyl sites for hydroxylation is 1. The molecule has 6 heteroatoms. The second kappa shape index (κ2) is 6.93. The standard InChI is InChI=1S/C14H21NO3S2/c1-12-11-15(8-10-19-12)20(17,18)14-6-4-13(5-7-14)3-2-9-16/h4-7,12,16H,2-3,8-11H2,1H3. The van der Waals surface area contributed by atoms with E-state index in [-0.39, 0.29) is 6.61 Å². The van der Waals surface area contributed by atoms with Crippen molar-refractivity contribution in [2.24, 2.45) is 0 Å². The Bertz CT molecular complexity index is 528. The first-order valence-electron chi connectivity index (χ1n) is 6.85. The van der Waals surface area contributed by atoms with Gasteiger partial charge in [0.25, 0.3) is 0 Å². The van der Waals surface area contributed by atoms with E-state index in [0.717, 1.165) is 17.7 Å². The molecule has 0 bridgehead atoms. The van der Waals surface area contributed by atoms with Crippen molar-refractivity contribution in [3.8, 4) is 0 Å². The Labute approximate surface area is 125 Å². The van der Waals surface area contributed by atoms with E-state index < -0.39 is 10.0 Å². The van der Waals surface area contributed by atoms with Gasteiger partial charge in [-0.2, -0.15) is 16.1 Å². The Morgan fingerprint density at radius 3 is 2.65 bits per heavy atom. The van der Waals surface area contributed by atoms with Gasteiger partial charge in [-0.05, 0) is 30.5 Å². The van der Waals surface area contributed by atoms with Crippen LogP contribution in [0.25, 0.3) is 0 Å². The lowest BCUT2D eigenvalue weighted by molar-refractivity contribution is 0.288. The molecule has 1 aromatic carbocycles. The Balaban J connectivity index is 2.12. The molecule has 1 aliphatic rings. The maximum atomic E-state index is 12.5. The van der Waals surface area contributed by atoms with Crippen LogP contribution >= 0.6 is 11.8 Å². The Morgan fingerprint density at radius 1 is 1.35 bits per heavy atom. The third-order valence-electron chi connectivity index (χ3n) is 3.39. The van der Waals surface area contributed by atoms with Crippen LogP contribution in [-0.2, 0) is 16.4 Å². The summed E-state index contributed by atoms with van der Waals surface area (Å²) in [5, 5.41) is 9.15. The van der Waals surface area contributed by atoms with Crippen molar-refractivity contribution in [3.05, 3.63) is 29.8 Å². The molecule has 0 spiro atoms. The predicted octanol–water partition coefficient (Wildman–Crippen LogP) is 1.74. The minimum absolute atomic E-state index is 0.156. The minimum Gasteiger partial charge on any atom is -0.396 e. The zero-order valence-electron chi connectivity index (χ0n) is 11.7. The normalized spacial score (nSPS) is 21.0. The average molecular weight is 315 g/mol. The van der Waals surface area contributed by atoms with Crippen molar-refractivity contribution in [2.45, 2.75) is 29.9 Å². The predicted molar refractivity (Wildman–Crippen MR) is 82.5 cm³/mol. The van der Waals surface area contributed by atoms with Crippen LogP contribution < -0.4 is 0 Å². The quantitative estimate of drug-likeness (QED) is 0.899. The van der Waals surface area contributed by atoms with Gasteiger partial charge in [-0.1, -0.05) is 19.1 Å². The van der Waals surface area contributed by atoms with Crippen LogP contribution in [0.5, 0.6) is 0 Å². The fourth-order valence-electron chi connectivity index (χ4n) is 2.27. The highest BCUT2D eigenvalue weighted by Gasteiger charge is 2.28. The lowest BCUT2D eigenvalue weighted by atomic mass is 10.1. The van der Waals surface area contributed by atoms with Crippen LogP contribution in [0.1, 0.15) is 18.9 Å². The van der Waals surface area contributed by atoms with Crippen LogP contribution in [0.3, 0.4) is 0 Å². The second-order valence-corrected chi connectivity index (χ2v) is 8.50. The van der Waals surface area contributed by atoms with E-state index in [1.165, 1.54) is 0 Å². The molecule has 1 N–H and O–H groups in total. The Hall–Kier alpha value is -0.560. The summed E-state index contributed by atoms with van der Waals surface area (Å²) in [5.74, 6) is 0.856. The van der Waals surface area contributed by atoms with Gasteiger partial charge in [0.1, 0.15) is 0 Å². The van der Waals surface area contributed by atoms with Crippen LogP contribution in [0.2, 0.25) is 0 Å². The highest BCUT2D eigenvalue weighted by Crippen LogP contribution is 2.24. The minimum atomic E-state index is -3.36. The number of hydrogen-bond donors (Lipinski definition) is 1. The van der Waals surface area contributed by atoms with Gasteiger partial charge in [0.2, 0.25) is 10.0 Å². The summed E-state index contributed by atoms with van der Waals surface area (Å²) in [7, 11) is -3.36. The maximum Gasteiger partial charge on any atom is 0.243 e. The van der Waals surface area contributed by atoms with Gasteiger partial charge in [-0.3, -0.25) is 0 Å². The van der Waals surface area contributed by atoms with Crippen LogP contribution in [0.4, 0.5) is 0 Å². The summed E-state index contributed by atoms with van der Waals surface area (Å²) in [6, 6.07) is 7.03. The van der Waals surface area contributed by atoms with Crippen molar-refractivity contribution < 1.29 is 13.5 Å². The zero-order chi connectivity index (χ0) is 14.6. The van der Waals surface area contributed by atoms with Gasteiger partial charge in [-0.25, -0.2) is 8.42 Å². The molecule has 1 unspecified atom stereocenters. The van der Waals surface area contributed by atoms with Crippen molar-refractivity contribution in [1.29, 1.82) is 0 Å². The summed E-state index contributed by atoms with van der Waals surface area (Å²) in [4.78, 5) is 0.365. The van der Waals surface area contributed by atoms with Gasteiger partial charge in [0.05, 0.1) is 4.90 Å². The highest BCUT2D eigenvalue weighted by molar-refractivity contribution is 8.00. The molecule has 0 amide bonds. The first-order valence-corrected chi connectivity index (χ1v) is 9.34. The van der Waals surface area contributed by atoms with E-state index in [2.05, 4.69) is 6.92 Å². The molecule has 1 heterocycles. The summed E-state index contributed by atoms with van der Waals surface area (Å²) >= 11 is 1.81. The molecule has 0 aromatic heterocycles. The molecular formula is C14H21NO3S2. The number of nitrogens with zero attached hydrogens (tertiary/aromatic N) is 1. The zero-order valence-corrected chi connectivity index (χ0v) is 13.3. The third kappa shape index (κ3) is 3.75. The van der Waals surface area contributed by atoms with Crippen LogP contribution in [0.15, 0.2) is 29.2 Å².